The van der Waals surface area contributed by atoms with Crippen LogP contribution in [0.4, 0.5) is 0 Å². The molecule has 2 aliphatic rings. The standard InChI is InChI=1S/C26H48N2O70S16/c29-23(19(95-111(67,68)69)15(91-107(55,56)57)11(9(87-103(43,44)45)5-81-101(37,38)39)85-25-21(97-113(73,74)75)17(93-109(61,62)63)13(89-105(49,50)51)7(83-25)3-79-99(31,32)33)27-1-2-28-24(30)20(96-112(70,71)72)16(92-108(58,59)60)12(10(88-104(46,47)48)6-82-102(40,41)42)86-26-22(98-114(76,77)78)18(94-110(64,65)66)14(90-106(52,53)54)8(84-26)4-80-100(34,35)36/h7-22,25-26H,1-6H2,(H,27,29)(H,28,30)(H,31,32,33)(H,34,35,36)(H,37,38,39)(H,40,41,42)(H,43,44,45)(H,46,47,48)(H,49,50,51)(H,52,53,54)(H,55,56,57)(H,58,59,60)(H,61,62,63)(H,64,65,66)(H,67,68,69)(H,70,71,72)(H,73,74,75)(H,76,77,78)/t7-,8+,9+,10-,11-,12-,13-,14-,15-,16-,17-,18-,19-,20+,21?,22-,25-,26+/m0/s1. The minimum atomic E-state index is -7.04. The van der Waals surface area contributed by atoms with Crippen LogP contribution >= 0.6 is 0 Å². The fraction of sp³-hybridized carbons (Fsp3) is 0.923. The molecule has 0 saturated carbocycles. The van der Waals surface area contributed by atoms with Crippen molar-refractivity contribution in [3.63, 3.8) is 0 Å². The van der Waals surface area contributed by atoms with Gasteiger partial charge in [-0.15, -0.1) is 0 Å². The predicted molar refractivity (Wildman–Crippen MR) is 320 cm³/mol. The number of ether oxygens (including phenoxy) is 4. The van der Waals surface area contributed by atoms with Crippen LogP contribution in [0.3, 0.4) is 0 Å². The van der Waals surface area contributed by atoms with Crippen molar-refractivity contribution < 1.29 is 303 Å². The molecule has 0 aromatic rings. The molecule has 2 rings (SSSR count). The van der Waals surface area contributed by atoms with E-state index < -0.39 is 328 Å². The number of carbonyl (C=O) groups is 2. The van der Waals surface area contributed by atoms with Gasteiger partial charge in [0.25, 0.3) is 11.8 Å². The molecule has 114 heavy (non-hydrogen) atoms. The molecule has 0 aromatic carbocycles. The van der Waals surface area contributed by atoms with Gasteiger partial charge >= 0.3 is 166 Å². The third-order valence-electron chi connectivity index (χ3n) is 11.3. The van der Waals surface area contributed by atoms with Crippen LogP contribution in [-0.4, -0.2) is 369 Å². The van der Waals surface area contributed by atoms with Crippen molar-refractivity contribution in [3.8, 4) is 0 Å². The van der Waals surface area contributed by atoms with Crippen LogP contribution in [0.5, 0.6) is 0 Å². The first-order chi connectivity index (χ1) is 50.3. The fourth-order valence-electron chi connectivity index (χ4n) is 8.25. The maximum absolute atomic E-state index is 14.2. The molecule has 88 heteroatoms. The van der Waals surface area contributed by atoms with E-state index >= 15 is 0 Å². The topological polar surface area (TPSA) is 1110 Å². The molecule has 0 aromatic heterocycles. The average molecular weight is 2020 g/mol. The van der Waals surface area contributed by atoms with Crippen molar-refractivity contribution in [2.24, 2.45) is 0 Å². The Morgan fingerprint density at radius 2 is 0.482 bits per heavy atom. The molecule has 18 N–H and O–H groups in total. The maximum Gasteiger partial charge on any atom is 0.398 e. The van der Waals surface area contributed by atoms with Gasteiger partial charge in [-0.3, -0.25) is 82.4 Å². The lowest BCUT2D eigenvalue weighted by Gasteiger charge is -2.45. The van der Waals surface area contributed by atoms with Gasteiger partial charge < -0.3 is 29.6 Å². The summed E-state index contributed by atoms with van der Waals surface area (Å²) in [5, 5.41) is 2.26. The summed E-state index contributed by atoms with van der Waals surface area (Å²) >= 11 is 0. The lowest BCUT2D eigenvalue weighted by Crippen LogP contribution is -2.65. The minimum absolute atomic E-state index is 1.13. The lowest BCUT2D eigenvalue weighted by atomic mass is 9.98. The first kappa shape index (κ1) is 107. The van der Waals surface area contributed by atoms with Gasteiger partial charge in [0, 0.05) is 13.1 Å². The highest BCUT2D eigenvalue weighted by molar-refractivity contribution is 7.84. The number of hydrogen-bond donors (Lipinski definition) is 18. The molecule has 1 unspecified atom stereocenters. The van der Waals surface area contributed by atoms with Crippen molar-refractivity contribution in [1.82, 2.24) is 10.6 Å². The van der Waals surface area contributed by atoms with E-state index in [0.717, 1.165) is 10.6 Å². The quantitative estimate of drug-likeness (QED) is 0.0199. The fourth-order valence-corrected chi connectivity index (χ4v) is 15.3. The Labute approximate surface area is 637 Å². The van der Waals surface area contributed by atoms with Crippen molar-refractivity contribution >= 4 is 178 Å². The Hall–Kier alpha value is -3.30. The van der Waals surface area contributed by atoms with Crippen LogP contribution in [0.2, 0.25) is 0 Å². The van der Waals surface area contributed by atoms with Crippen molar-refractivity contribution in [3.05, 3.63) is 0 Å². The van der Waals surface area contributed by atoms with E-state index in [1.165, 1.54) is 0 Å². The number of nitrogens with one attached hydrogen (secondary N) is 2. The minimum Gasteiger partial charge on any atom is -0.352 e. The molecule has 2 heterocycles. The summed E-state index contributed by atoms with van der Waals surface area (Å²) in [7, 11) is -106. The summed E-state index contributed by atoms with van der Waals surface area (Å²) in [6.45, 7) is -14.3. The first-order valence-electron chi connectivity index (χ1n) is 25.8. The zero-order valence-corrected chi connectivity index (χ0v) is 65.4. The summed E-state index contributed by atoms with van der Waals surface area (Å²) < 4.78 is 628. The third-order valence-corrected chi connectivity index (χ3v) is 18.7. The molecule has 18 atom stereocenters. The number of carbonyl (C=O) groups excluding carboxylic acids is 2. The summed E-state index contributed by atoms with van der Waals surface area (Å²) in [5.74, 6) is -5.86. The Morgan fingerprint density at radius 3 is 0.693 bits per heavy atom. The molecule has 2 saturated heterocycles. The Morgan fingerprint density at radius 1 is 0.263 bits per heavy atom. The Bertz CT molecular complexity index is 5000. The van der Waals surface area contributed by atoms with Gasteiger partial charge in [0.2, 0.25) is 0 Å². The van der Waals surface area contributed by atoms with Crippen LogP contribution < -0.4 is 10.6 Å². The van der Waals surface area contributed by atoms with Crippen molar-refractivity contribution in [2.45, 2.75) is 110 Å². The van der Waals surface area contributed by atoms with Gasteiger partial charge in [0.15, 0.2) is 37.0 Å². The summed E-state index contributed by atoms with van der Waals surface area (Å²) in [6, 6.07) is 0. The molecule has 0 radical (unpaired) electrons. The number of hydrogen-bond acceptors (Lipinski definition) is 54. The number of rotatable bonds is 51. The molecule has 2 amide bonds. The largest absolute Gasteiger partial charge is 0.398 e. The summed E-state index contributed by atoms with van der Waals surface area (Å²) in [4.78, 5) is 28.5. The average Bonchev–Trinajstić information content (AvgIpc) is 0.766. The molecule has 2 fully saturated rings. The van der Waals surface area contributed by atoms with E-state index in [0.29, 0.717) is 0 Å². The monoisotopic (exact) mass is 2020 g/mol. The van der Waals surface area contributed by atoms with Gasteiger partial charge in [-0.25, -0.2) is 66.9 Å². The number of amides is 2. The molecule has 0 spiro atoms. The van der Waals surface area contributed by atoms with Gasteiger partial charge in [-0.1, -0.05) is 0 Å². The second-order valence-corrected chi connectivity index (χ2v) is 36.6. The maximum atomic E-state index is 14.2. The molecule has 72 nitrogen and oxygen atoms in total. The van der Waals surface area contributed by atoms with Crippen LogP contribution in [0.25, 0.3) is 0 Å². The molecular weight excluding hydrogens is 1970 g/mol. The molecule has 0 aliphatic carbocycles. The molecule has 2 aliphatic heterocycles. The first-order valence-corrected chi connectivity index (χ1v) is 47.6. The van der Waals surface area contributed by atoms with Crippen molar-refractivity contribution in [1.29, 1.82) is 0 Å². The molecular formula is C26H48N2O70S16. The highest BCUT2D eigenvalue weighted by atomic mass is 32.3. The molecule has 678 valence electrons. The highest BCUT2D eigenvalue weighted by Gasteiger charge is 2.60. The van der Waals surface area contributed by atoms with Crippen LogP contribution in [0.1, 0.15) is 0 Å². The van der Waals surface area contributed by atoms with E-state index in [-0.39, 0.29) is 0 Å². The summed E-state index contributed by atoms with van der Waals surface area (Å²) in [6.07, 6.45) is -72.3. The SMILES string of the molecule is O=C(NCCNC(=O)[C@H](OS(=O)(=O)O)[C@@H](OS(=O)(=O)O)[C@@H](O[C@H]1O[C@H](COS(=O)(=O)O)[C@H](OS(=O)(=O)O)[C@H](OS(=O)(=O)O)[C@@H]1OS(=O)(=O)O)[C@H](COS(=O)(=O)O)OS(=O)(=O)O)[C@@H](OS(=O)(=O)O)[C@@H](OS(=O)(=O)O)[C@@H](O[C@@H]1O[C@@H](COS(=O)(=O)O)[C@H](OS(=O)(=O)O)[C@H](OS(=O)(=O)O)C1OS(=O)(=O)O)[C@@H](COS(=O)(=O)O)OS(=O)(=O)O. The van der Waals surface area contributed by atoms with E-state index in [1.807, 2.05) is 0 Å². The smallest absolute Gasteiger partial charge is 0.352 e. The zero-order valence-electron chi connectivity index (χ0n) is 52.4. The van der Waals surface area contributed by atoms with Crippen molar-refractivity contribution in [2.75, 3.05) is 39.5 Å². The lowest BCUT2D eigenvalue weighted by molar-refractivity contribution is -0.312. The van der Waals surface area contributed by atoms with E-state index in [9.17, 15) is 217 Å². The second-order valence-electron chi connectivity index (χ2n) is 19.6. The van der Waals surface area contributed by atoms with Crippen LogP contribution in [0, 0.1) is 0 Å². The predicted octanol–water partition coefficient (Wildman–Crippen LogP) is -15.0. The third kappa shape index (κ3) is 44.8. The zero-order chi connectivity index (χ0) is 89.3. The van der Waals surface area contributed by atoms with Crippen LogP contribution in [0.15, 0.2) is 0 Å². The highest BCUT2D eigenvalue weighted by Crippen LogP contribution is 2.38. The Kier molecular flexibility index (Phi) is 37.2. The van der Waals surface area contributed by atoms with Gasteiger partial charge in [-0.2, -0.15) is 135 Å². The van der Waals surface area contributed by atoms with E-state index in [2.05, 4.69) is 66.9 Å². The molecule has 0 bridgehead atoms. The second kappa shape index (κ2) is 39.7. The van der Waals surface area contributed by atoms with Crippen LogP contribution in [-0.2, 0) is 262 Å². The van der Waals surface area contributed by atoms with E-state index in [4.69, 9.17) is 18.9 Å². The summed E-state index contributed by atoms with van der Waals surface area (Å²) in [5.41, 5.74) is 0. The van der Waals surface area contributed by atoms with Gasteiger partial charge in [0.05, 0.1) is 26.4 Å². The van der Waals surface area contributed by atoms with Gasteiger partial charge in [0.1, 0.15) is 73.2 Å². The normalized spacial score (nSPS) is 24.4. The Balaban J connectivity index is 3.35. The van der Waals surface area contributed by atoms with Gasteiger partial charge in [-0.05, 0) is 0 Å². The van der Waals surface area contributed by atoms with E-state index in [1.54, 1.807) is 0 Å².